The van der Waals surface area contributed by atoms with E-state index in [9.17, 15) is 13.2 Å². The number of benzene rings is 1. The van der Waals surface area contributed by atoms with Crippen molar-refractivity contribution in [3.8, 4) is 0 Å². The van der Waals surface area contributed by atoms with Crippen LogP contribution in [0, 0.1) is 0 Å². The van der Waals surface area contributed by atoms with E-state index in [-0.39, 0.29) is 23.5 Å². The molecule has 1 saturated heterocycles. The molecule has 1 aliphatic rings. The molecule has 2 rings (SSSR count). The van der Waals surface area contributed by atoms with Gasteiger partial charge >= 0.3 is 0 Å². The van der Waals surface area contributed by atoms with E-state index in [0.29, 0.717) is 23.6 Å². The topological polar surface area (TPSA) is 54.5 Å². The number of nitrogens with zero attached hydrogens (tertiary/aromatic N) is 1. The van der Waals surface area contributed by atoms with Crippen LogP contribution < -0.4 is 0 Å². The summed E-state index contributed by atoms with van der Waals surface area (Å²) in [5, 5.41) is 0.501. The number of carbonyl (C=O) groups excluding carboxylic acids is 1. The molecule has 1 aromatic rings. The van der Waals surface area contributed by atoms with E-state index in [2.05, 4.69) is 0 Å². The van der Waals surface area contributed by atoms with Crippen LogP contribution in [-0.4, -0.2) is 43.3 Å². The Bertz CT molecular complexity index is 585. The molecule has 0 radical (unpaired) electrons. The maximum atomic E-state index is 12.4. The van der Waals surface area contributed by atoms with Crippen molar-refractivity contribution < 1.29 is 13.2 Å². The molecule has 1 aliphatic heterocycles. The molecular weight excluding hydrogens is 286 g/mol. The third-order valence-electron chi connectivity index (χ3n) is 3.32. The van der Waals surface area contributed by atoms with Crippen LogP contribution in [0.5, 0.6) is 0 Å². The first-order valence-corrected chi connectivity index (χ1v) is 8.40. The summed E-state index contributed by atoms with van der Waals surface area (Å²) in [6.45, 7) is 2.35. The average Bonchev–Trinajstić information content (AvgIpc) is 2.70. The van der Waals surface area contributed by atoms with E-state index in [0.717, 1.165) is 0 Å². The van der Waals surface area contributed by atoms with Gasteiger partial charge in [0.15, 0.2) is 9.84 Å². The molecule has 0 aliphatic carbocycles. The Morgan fingerprint density at radius 2 is 2.21 bits per heavy atom. The zero-order chi connectivity index (χ0) is 14.0. The molecule has 6 heteroatoms. The van der Waals surface area contributed by atoms with Crippen LogP contribution in [-0.2, 0) is 9.84 Å². The van der Waals surface area contributed by atoms with Crippen LogP contribution in [0.1, 0.15) is 23.7 Å². The Balaban J connectivity index is 2.21. The van der Waals surface area contributed by atoms with Gasteiger partial charge in [-0.25, -0.2) is 8.42 Å². The fourth-order valence-electron chi connectivity index (χ4n) is 2.38. The smallest absolute Gasteiger partial charge is 0.254 e. The summed E-state index contributed by atoms with van der Waals surface area (Å²) in [7, 11) is -2.99. The van der Waals surface area contributed by atoms with Crippen LogP contribution in [0.15, 0.2) is 24.3 Å². The molecule has 1 aromatic carbocycles. The third-order valence-corrected chi connectivity index (χ3v) is 5.31. The molecule has 1 amide bonds. The van der Waals surface area contributed by atoms with Gasteiger partial charge in [0, 0.05) is 23.2 Å². The predicted octanol–water partition coefficient (Wildman–Crippen LogP) is 1.99. The summed E-state index contributed by atoms with van der Waals surface area (Å²) in [4.78, 5) is 14.0. The van der Waals surface area contributed by atoms with Gasteiger partial charge in [-0.15, -0.1) is 0 Å². The van der Waals surface area contributed by atoms with Gasteiger partial charge in [0.05, 0.1) is 11.5 Å². The molecule has 1 heterocycles. The van der Waals surface area contributed by atoms with Crippen LogP contribution in [0.3, 0.4) is 0 Å². The monoisotopic (exact) mass is 301 g/mol. The van der Waals surface area contributed by atoms with Crippen LogP contribution in [0.2, 0.25) is 5.02 Å². The number of hydrogen-bond donors (Lipinski definition) is 0. The van der Waals surface area contributed by atoms with Gasteiger partial charge in [-0.2, -0.15) is 0 Å². The number of sulfone groups is 1. The standard InChI is InChI=1S/C13H16ClNO3S/c1-2-15(12-6-7-19(17,18)9-12)13(16)10-4-3-5-11(14)8-10/h3-5,8,12H,2,6-7,9H2,1H3. The fraction of sp³-hybridized carbons (Fsp3) is 0.462. The summed E-state index contributed by atoms with van der Waals surface area (Å²) in [5.41, 5.74) is 0.499. The molecule has 1 atom stereocenters. The molecular formula is C13H16ClNO3S. The van der Waals surface area contributed by atoms with Gasteiger partial charge in [-0.05, 0) is 31.5 Å². The quantitative estimate of drug-likeness (QED) is 0.858. The lowest BCUT2D eigenvalue weighted by molar-refractivity contribution is 0.0708. The van der Waals surface area contributed by atoms with E-state index in [1.165, 1.54) is 0 Å². The van der Waals surface area contributed by atoms with Crippen LogP contribution in [0.4, 0.5) is 0 Å². The molecule has 1 unspecified atom stereocenters. The molecule has 104 valence electrons. The number of carbonyl (C=O) groups is 1. The fourth-order valence-corrected chi connectivity index (χ4v) is 4.30. The Morgan fingerprint density at radius 1 is 1.47 bits per heavy atom. The van der Waals surface area contributed by atoms with Crippen molar-refractivity contribution in [2.45, 2.75) is 19.4 Å². The van der Waals surface area contributed by atoms with Crippen molar-refractivity contribution in [2.75, 3.05) is 18.1 Å². The minimum absolute atomic E-state index is 0.0626. The van der Waals surface area contributed by atoms with Crippen molar-refractivity contribution in [3.05, 3.63) is 34.9 Å². The normalized spacial score (nSPS) is 21.3. The average molecular weight is 302 g/mol. The molecule has 0 bridgehead atoms. The highest BCUT2D eigenvalue weighted by Crippen LogP contribution is 2.21. The first-order valence-electron chi connectivity index (χ1n) is 6.20. The van der Waals surface area contributed by atoms with Gasteiger partial charge in [-0.3, -0.25) is 4.79 Å². The van der Waals surface area contributed by atoms with E-state index >= 15 is 0 Å². The van der Waals surface area contributed by atoms with Gasteiger partial charge in [0.25, 0.3) is 5.91 Å². The van der Waals surface area contributed by atoms with Gasteiger partial charge in [-0.1, -0.05) is 17.7 Å². The van der Waals surface area contributed by atoms with E-state index in [1.54, 1.807) is 29.2 Å². The first kappa shape index (κ1) is 14.3. The molecule has 0 N–H and O–H groups in total. The number of halogens is 1. The summed E-state index contributed by atoms with van der Waals surface area (Å²) < 4.78 is 23.0. The van der Waals surface area contributed by atoms with Gasteiger partial charge < -0.3 is 4.90 Å². The maximum Gasteiger partial charge on any atom is 0.254 e. The summed E-state index contributed by atoms with van der Waals surface area (Å²) in [5.74, 6) is 0.0662. The number of rotatable bonds is 3. The predicted molar refractivity (Wildman–Crippen MR) is 75.2 cm³/mol. The third kappa shape index (κ3) is 3.28. The number of amides is 1. The molecule has 0 saturated carbocycles. The second-order valence-electron chi connectivity index (χ2n) is 4.66. The second kappa shape index (κ2) is 5.51. The largest absolute Gasteiger partial charge is 0.335 e. The molecule has 1 fully saturated rings. The lowest BCUT2D eigenvalue weighted by Gasteiger charge is -2.27. The van der Waals surface area contributed by atoms with Crippen LogP contribution >= 0.6 is 11.6 Å². The summed E-state index contributed by atoms with van der Waals surface area (Å²) in [6.07, 6.45) is 0.516. The van der Waals surface area contributed by atoms with Crippen molar-refractivity contribution in [2.24, 2.45) is 0 Å². The lowest BCUT2D eigenvalue weighted by atomic mass is 10.1. The van der Waals surface area contributed by atoms with Gasteiger partial charge in [0.2, 0.25) is 0 Å². The first-order chi connectivity index (χ1) is 8.93. The Kier molecular flexibility index (Phi) is 4.16. The van der Waals surface area contributed by atoms with Crippen molar-refractivity contribution >= 4 is 27.3 Å². The molecule has 0 aromatic heterocycles. The van der Waals surface area contributed by atoms with E-state index < -0.39 is 9.84 Å². The minimum Gasteiger partial charge on any atom is -0.335 e. The lowest BCUT2D eigenvalue weighted by Crippen LogP contribution is -2.40. The van der Waals surface area contributed by atoms with Crippen molar-refractivity contribution in [3.63, 3.8) is 0 Å². The summed E-state index contributed by atoms with van der Waals surface area (Å²) >= 11 is 5.88. The van der Waals surface area contributed by atoms with Crippen LogP contribution in [0.25, 0.3) is 0 Å². The molecule has 19 heavy (non-hydrogen) atoms. The maximum absolute atomic E-state index is 12.4. The Labute approximate surface area is 118 Å². The van der Waals surface area contributed by atoms with E-state index in [4.69, 9.17) is 11.6 Å². The van der Waals surface area contributed by atoms with Crippen molar-refractivity contribution in [1.82, 2.24) is 4.90 Å². The Morgan fingerprint density at radius 3 is 2.74 bits per heavy atom. The van der Waals surface area contributed by atoms with Crippen molar-refractivity contribution in [1.29, 1.82) is 0 Å². The summed E-state index contributed by atoms with van der Waals surface area (Å²) in [6, 6.07) is 6.50. The van der Waals surface area contributed by atoms with E-state index in [1.807, 2.05) is 6.92 Å². The zero-order valence-electron chi connectivity index (χ0n) is 10.7. The highest BCUT2D eigenvalue weighted by atomic mass is 35.5. The zero-order valence-corrected chi connectivity index (χ0v) is 12.2. The highest BCUT2D eigenvalue weighted by Gasteiger charge is 2.34. The second-order valence-corrected chi connectivity index (χ2v) is 7.32. The minimum atomic E-state index is -2.99. The number of hydrogen-bond acceptors (Lipinski definition) is 3. The van der Waals surface area contributed by atoms with Gasteiger partial charge in [0.1, 0.15) is 0 Å². The highest BCUT2D eigenvalue weighted by molar-refractivity contribution is 7.91. The molecule has 4 nitrogen and oxygen atoms in total. The molecule has 0 spiro atoms. The Hall–Kier alpha value is -1.07. The SMILES string of the molecule is CCN(C(=O)c1cccc(Cl)c1)C1CCS(=O)(=O)C1.